The monoisotopic (exact) mass is 392 g/mol. The number of carbonyl (C=O) groups is 2. The van der Waals surface area contributed by atoms with E-state index in [2.05, 4.69) is 21.2 Å². The van der Waals surface area contributed by atoms with Gasteiger partial charge in [-0.1, -0.05) is 51.8 Å². The lowest BCUT2D eigenvalue weighted by Crippen LogP contribution is -2.40. The van der Waals surface area contributed by atoms with Crippen LogP contribution in [0.1, 0.15) is 18.1 Å². The molecule has 1 saturated heterocycles. The predicted molar refractivity (Wildman–Crippen MR) is 92.0 cm³/mol. The van der Waals surface area contributed by atoms with Gasteiger partial charge in [0, 0.05) is 9.50 Å². The Labute approximate surface area is 147 Å². The van der Waals surface area contributed by atoms with E-state index in [-0.39, 0.29) is 12.5 Å². The number of hydrogen-bond donors (Lipinski definition) is 1. The van der Waals surface area contributed by atoms with Crippen LogP contribution in [-0.2, 0) is 16.9 Å². The van der Waals surface area contributed by atoms with Crippen molar-refractivity contribution >= 4 is 39.5 Å². The second kappa shape index (κ2) is 5.98. The molecule has 0 aromatic heterocycles. The Hall–Kier alpha value is -1.85. The molecule has 2 aromatic carbocycles. The molecule has 118 valence electrons. The number of imide groups is 1. The van der Waals surface area contributed by atoms with Crippen LogP contribution < -0.4 is 5.32 Å². The Kier molecular flexibility index (Phi) is 4.17. The lowest BCUT2D eigenvalue weighted by molar-refractivity contribution is -0.131. The fourth-order valence-corrected chi connectivity index (χ4v) is 2.98. The van der Waals surface area contributed by atoms with Gasteiger partial charge >= 0.3 is 6.03 Å². The van der Waals surface area contributed by atoms with Crippen molar-refractivity contribution in [2.75, 3.05) is 0 Å². The molecule has 1 N–H and O–H groups in total. The molecule has 1 aliphatic heterocycles. The van der Waals surface area contributed by atoms with Gasteiger partial charge < -0.3 is 5.32 Å². The molecular weight excluding hydrogens is 380 g/mol. The van der Waals surface area contributed by atoms with E-state index in [4.69, 9.17) is 11.6 Å². The van der Waals surface area contributed by atoms with Crippen molar-refractivity contribution in [3.8, 4) is 0 Å². The van der Waals surface area contributed by atoms with Gasteiger partial charge in [-0.05, 0) is 42.3 Å². The summed E-state index contributed by atoms with van der Waals surface area (Å²) in [6.45, 7) is 1.94. The molecule has 2 aromatic rings. The molecule has 1 atom stereocenters. The maximum atomic E-state index is 12.8. The highest BCUT2D eigenvalue weighted by Crippen LogP contribution is 2.30. The van der Waals surface area contributed by atoms with Gasteiger partial charge in [0.15, 0.2) is 0 Å². The van der Waals surface area contributed by atoms with Crippen LogP contribution in [0.2, 0.25) is 5.02 Å². The number of nitrogens with zero attached hydrogens (tertiary/aromatic N) is 1. The lowest BCUT2D eigenvalue weighted by atomic mass is 9.92. The zero-order valence-corrected chi connectivity index (χ0v) is 14.7. The summed E-state index contributed by atoms with van der Waals surface area (Å²) in [5, 5.41) is 3.37. The smallest absolute Gasteiger partial charge is 0.319 e. The van der Waals surface area contributed by atoms with Crippen molar-refractivity contribution in [3.05, 3.63) is 69.2 Å². The molecule has 1 heterocycles. The van der Waals surface area contributed by atoms with E-state index in [0.717, 1.165) is 10.0 Å². The fraction of sp³-hybridized carbons (Fsp3) is 0.176. The van der Waals surface area contributed by atoms with Crippen molar-refractivity contribution in [2.45, 2.75) is 19.0 Å². The van der Waals surface area contributed by atoms with Crippen LogP contribution in [-0.4, -0.2) is 16.8 Å². The molecule has 3 rings (SSSR count). The molecular formula is C17H14BrClN2O2. The summed E-state index contributed by atoms with van der Waals surface area (Å²) in [5.74, 6) is -0.271. The first kappa shape index (κ1) is 16.0. The molecule has 0 aliphatic carbocycles. The first-order valence-electron chi connectivity index (χ1n) is 7.05. The lowest BCUT2D eigenvalue weighted by Gasteiger charge is -2.22. The third kappa shape index (κ3) is 2.99. The van der Waals surface area contributed by atoms with Crippen LogP contribution in [0.15, 0.2) is 53.0 Å². The van der Waals surface area contributed by atoms with E-state index in [1.54, 1.807) is 31.2 Å². The number of benzene rings is 2. The van der Waals surface area contributed by atoms with E-state index in [9.17, 15) is 9.59 Å². The normalized spacial score (nSPS) is 20.7. The second-order valence-corrected chi connectivity index (χ2v) is 6.93. The highest BCUT2D eigenvalue weighted by Gasteiger charge is 2.48. The minimum Gasteiger partial charge on any atom is -0.319 e. The Bertz CT molecular complexity index is 761. The molecule has 23 heavy (non-hydrogen) atoms. The third-order valence-electron chi connectivity index (χ3n) is 3.95. The Morgan fingerprint density at radius 3 is 2.30 bits per heavy atom. The summed E-state index contributed by atoms with van der Waals surface area (Å²) in [5.41, 5.74) is 0.521. The Morgan fingerprint density at radius 1 is 1.09 bits per heavy atom. The molecule has 0 saturated carbocycles. The van der Waals surface area contributed by atoms with E-state index in [1.807, 2.05) is 24.3 Å². The van der Waals surface area contributed by atoms with Gasteiger partial charge in [0.05, 0.1) is 6.54 Å². The van der Waals surface area contributed by atoms with E-state index >= 15 is 0 Å². The summed E-state index contributed by atoms with van der Waals surface area (Å²) >= 11 is 9.26. The average molecular weight is 394 g/mol. The summed E-state index contributed by atoms with van der Waals surface area (Å²) in [4.78, 5) is 26.3. The summed E-state index contributed by atoms with van der Waals surface area (Å²) in [7, 11) is 0. The molecule has 1 aliphatic rings. The number of hydrogen-bond acceptors (Lipinski definition) is 2. The number of urea groups is 1. The van der Waals surface area contributed by atoms with Gasteiger partial charge in [0.1, 0.15) is 5.54 Å². The zero-order chi connectivity index (χ0) is 16.6. The number of nitrogens with one attached hydrogen (secondary N) is 1. The minimum atomic E-state index is -1.07. The number of amides is 3. The molecule has 0 bridgehead atoms. The van der Waals surface area contributed by atoms with Crippen LogP contribution in [0.3, 0.4) is 0 Å². The Balaban J connectivity index is 1.87. The summed E-state index contributed by atoms with van der Waals surface area (Å²) < 4.78 is 0.949. The van der Waals surface area contributed by atoms with Gasteiger partial charge in [-0.25, -0.2) is 4.79 Å². The number of rotatable bonds is 3. The second-order valence-electron chi connectivity index (χ2n) is 5.58. The van der Waals surface area contributed by atoms with Crippen molar-refractivity contribution in [3.63, 3.8) is 0 Å². The van der Waals surface area contributed by atoms with Gasteiger partial charge in [0.2, 0.25) is 0 Å². The fourth-order valence-electron chi connectivity index (χ4n) is 2.59. The highest BCUT2D eigenvalue weighted by atomic mass is 79.9. The topological polar surface area (TPSA) is 49.4 Å². The highest BCUT2D eigenvalue weighted by molar-refractivity contribution is 9.10. The van der Waals surface area contributed by atoms with E-state index < -0.39 is 11.6 Å². The number of halogens is 2. The van der Waals surface area contributed by atoms with Crippen molar-refractivity contribution in [2.24, 2.45) is 0 Å². The van der Waals surface area contributed by atoms with Crippen molar-refractivity contribution in [1.82, 2.24) is 10.2 Å². The van der Waals surface area contributed by atoms with Crippen LogP contribution in [0.5, 0.6) is 0 Å². The average Bonchev–Trinajstić information content (AvgIpc) is 2.74. The van der Waals surface area contributed by atoms with Crippen LogP contribution in [0, 0.1) is 0 Å². The van der Waals surface area contributed by atoms with Gasteiger partial charge in [-0.15, -0.1) is 0 Å². The standard InChI is InChI=1S/C17H14BrClN2O2/c1-17(12-4-8-14(19)9-5-12)15(22)21(16(23)20-17)10-11-2-6-13(18)7-3-11/h2-9H,10H2,1H3,(H,20,23)/t17-/m1/s1. The molecule has 0 radical (unpaired) electrons. The molecule has 0 spiro atoms. The van der Waals surface area contributed by atoms with Crippen LogP contribution in [0.4, 0.5) is 4.79 Å². The predicted octanol–water partition coefficient (Wildman–Crippen LogP) is 4.07. The van der Waals surface area contributed by atoms with Crippen LogP contribution >= 0.6 is 27.5 Å². The number of carbonyl (C=O) groups excluding carboxylic acids is 2. The Morgan fingerprint density at radius 2 is 1.70 bits per heavy atom. The van der Waals surface area contributed by atoms with E-state index in [1.165, 1.54) is 4.90 Å². The molecule has 4 nitrogen and oxygen atoms in total. The molecule has 0 unspecified atom stereocenters. The third-order valence-corrected chi connectivity index (χ3v) is 4.73. The summed E-state index contributed by atoms with van der Waals surface area (Å²) in [6, 6.07) is 14.0. The summed E-state index contributed by atoms with van der Waals surface area (Å²) in [6.07, 6.45) is 0. The van der Waals surface area contributed by atoms with Crippen molar-refractivity contribution in [1.29, 1.82) is 0 Å². The first-order valence-corrected chi connectivity index (χ1v) is 8.22. The molecule has 6 heteroatoms. The van der Waals surface area contributed by atoms with Crippen molar-refractivity contribution < 1.29 is 9.59 Å². The van der Waals surface area contributed by atoms with Gasteiger partial charge in [-0.3, -0.25) is 9.69 Å². The quantitative estimate of drug-likeness (QED) is 0.799. The van der Waals surface area contributed by atoms with E-state index in [0.29, 0.717) is 10.6 Å². The largest absolute Gasteiger partial charge is 0.325 e. The maximum absolute atomic E-state index is 12.8. The first-order chi connectivity index (χ1) is 10.9. The molecule has 3 amide bonds. The SMILES string of the molecule is C[C@]1(c2ccc(Cl)cc2)NC(=O)N(Cc2ccc(Br)cc2)C1=O. The minimum absolute atomic E-state index is 0.237. The molecule has 1 fully saturated rings. The maximum Gasteiger partial charge on any atom is 0.325 e. The zero-order valence-electron chi connectivity index (χ0n) is 12.3. The van der Waals surface area contributed by atoms with Crippen LogP contribution in [0.25, 0.3) is 0 Å². The van der Waals surface area contributed by atoms with Gasteiger partial charge in [-0.2, -0.15) is 0 Å². The van der Waals surface area contributed by atoms with Gasteiger partial charge in [0.25, 0.3) is 5.91 Å².